The van der Waals surface area contributed by atoms with Crippen molar-refractivity contribution in [2.45, 2.75) is 39.2 Å². The Labute approximate surface area is 253 Å². The maximum atomic E-state index is 5.87. The lowest BCUT2D eigenvalue weighted by Crippen LogP contribution is -2.31. The Kier molecular flexibility index (Phi) is 9.18. The van der Waals surface area contributed by atoms with E-state index in [1.165, 1.54) is 11.3 Å². The summed E-state index contributed by atoms with van der Waals surface area (Å²) in [7, 11) is 8.05. The molecule has 42 heavy (non-hydrogen) atoms. The summed E-state index contributed by atoms with van der Waals surface area (Å²) in [4.78, 5) is 23.5. The highest BCUT2D eigenvalue weighted by Gasteiger charge is 2.26. The number of aromatic nitrogens is 4. The number of likely N-dealkylation sites (N-methyl/N-ethyl adjacent to an activating group) is 1. The Morgan fingerprint density at radius 1 is 1.00 bits per heavy atom. The minimum atomic E-state index is 0.497. The molecule has 3 heterocycles. The first kappa shape index (κ1) is 29.7. The molecule has 4 aromatic rings. The van der Waals surface area contributed by atoms with E-state index in [1.807, 2.05) is 31.6 Å². The third-order valence-corrected chi connectivity index (χ3v) is 8.69. The molecule has 1 fully saturated rings. The molecule has 0 aliphatic carbocycles. The van der Waals surface area contributed by atoms with Crippen LogP contribution in [-0.2, 0) is 12.8 Å². The van der Waals surface area contributed by atoms with Crippen LogP contribution in [0.1, 0.15) is 31.4 Å². The van der Waals surface area contributed by atoms with Gasteiger partial charge in [-0.25, -0.2) is 4.98 Å². The van der Waals surface area contributed by atoms with Crippen LogP contribution in [0.5, 0.6) is 5.75 Å². The zero-order valence-corrected chi connectivity index (χ0v) is 26.4. The van der Waals surface area contributed by atoms with Crippen LogP contribution in [0.25, 0.3) is 11.0 Å². The van der Waals surface area contributed by atoms with Crippen molar-refractivity contribution in [3.8, 4) is 5.75 Å². The Balaban J connectivity index is 1.47. The van der Waals surface area contributed by atoms with Gasteiger partial charge >= 0.3 is 0 Å². The average Bonchev–Trinajstić information content (AvgIpc) is 3.51. The Morgan fingerprint density at radius 2 is 1.79 bits per heavy atom. The van der Waals surface area contributed by atoms with Gasteiger partial charge in [0.15, 0.2) is 0 Å². The van der Waals surface area contributed by atoms with E-state index in [4.69, 9.17) is 9.72 Å². The van der Waals surface area contributed by atoms with Crippen molar-refractivity contribution in [3.63, 3.8) is 0 Å². The van der Waals surface area contributed by atoms with Gasteiger partial charge in [-0.15, -0.1) is 0 Å². The van der Waals surface area contributed by atoms with Crippen molar-refractivity contribution >= 4 is 57.5 Å². The van der Waals surface area contributed by atoms with E-state index in [9.17, 15) is 0 Å². The van der Waals surface area contributed by atoms with Crippen LogP contribution in [0.4, 0.5) is 34.5 Å². The fourth-order valence-electron chi connectivity index (χ4n) is 5.46. The van der Waals surface area contributed by atoms with Gasteiger partial charge in [0.25, 0.3) is 0 Å². The average molecular weight is 588 g/mol. The van der Waals surface area contributed by atoms with Crippen LogP contribution in [0, 0.1) is 0 Å². The van der Waals surface area contributed by atoms with Crippen LogP contribution in [0.15, 0.2) is 42.9 Å². The van der Waals surface area contributed by atoms with Crippen molar-refractivity contribution < 1.29 is 4.74 Å². The standard InChI is InChI=1S/C31H41N9OS/c1-8-20-16-25(27(41-6)17-26(20)40-15-12-22(19-40)38(3)4)36-31-34-18-21(9-2)30(37-31)35-24-11-10-23-28(33-14-13-32-23)29(24)39(5)42-7/h10-11,13-14,16-18,22H,8-9,12,15,19H2,1-7H3,(H2,34,35,36,37). The minimum Gasteiger partial charge on any atom is -0.494 e. The van der Waals surface area contributed by atoms with Crippen molar-refractivity contribution in [3.05, 3.63) is 54.0 Å². The van der Waals surface area contributed by atoms with E-state index in [0.29, 0.717) is 12.0 Å². The molecule has 1 saturated heterocycles. The molecule has 1 aliphatic heterocycles. The van der Waals surface area contributed by atoms with Crippen molar-refractivity contribution in [1.29, 1.82) is 0 Å². The van der Waals surface area contributed by atoms with E-state index in [1.54, 1.807) is 31.5 Å². The lowest BCUT2D eigenvalue weighted by Gasteiger charge is -2.25. The highest BCUT2D eigenvalue weighted by atomic mass is 32.2. The molecule has 0 radical (unpaired) electrons. The number of nitrogens with one attached hydrogen (secondary N) is 2. The number of ether oxygens (including phenoxy) is 1. The summed E-state index contributed by atoms with van der Waals surface area (Å²) < 4.78 is 7.95. The summed E-state index contributed by atoms with van der Waals surface area (Å²) in [5, 5.41) is 7.03. The van der Waals surface area contributed by atoms with Gasteiger partial charge in [-0.2, -0.15) is 4.98 Å². The number of methoxy groups -OCH3 is 1. The predicted octanol–water partition coefficient (Wildman–Crippen LogP) is 5.89. The van der Waals surface area contributed by atoms with Gasteiger partial charge in [-0.05, 0) is 57.1 Å². The van der Waals surface area contributed by atoms with Crippen LogP contribution >= 0.6 is 11.9 Å². The lowest BCUT2D eigenvalue weighted by atomic mass is 10.1. The molecule has 222 valence electrons. The fraction of sp³-hybridized carbons (Fsp3) is 0.419. The summed E-state index contributed by atoms with van der Waals surface area (Å²) in [5.74, 6) is 2.01. The molecule has 1 atom stereocenters. The molecule has 1 unspecified atom stereocenters. The van der Waals surface area contributed by atoms with Crippen molar-refractivity contribution in [2.24, 2.45) is 0 Å². The van der Waals surface area contributed by atoms with Crippen molar-refractivity contribution in [2.75, 3.05) is 67.4 Å². The SMILES string of the molecule is CCc1cc(Nc2ncc(CC)c(Nc3ccc4nccnc4c3N(C)SC)n2)c(OC)cc1N1CCC(N(C)C)C1. The summed E-state index contributed by atoms with van der Waals surface area (Å²) in [6, 6.07) is 8.89. The molecule has 0 amide bonds. The second-order valence-electron chi connectivity index (χ2n) is 10.6. The quantitative estimate of drug-likeness (QED) is 0.206. The zero-order valence-electron chi connectivity index (χ0n) is 25.6. The smallest absolute Gasteiger partial charge is 0.229 e. The fourth-order valence-corrected chi connectivity index (χ4v) is 5.82. The van der Waals surface area contributed by atoms with Gasteiger partial charge in [0.05, 0.1) is 29.7 Å². The predicted molar refractivity (Wildman–Crippen MR) is 176 cm³/mol. The highest BCUT2D eigenvalue weighted by Crippen LogP contribution is 2.39. The maximum Gasteiger partial charge on any atom is 0.229 e. The lowest BCUT2D eigenvalue weighted by molar-refractivity contribution is 0.315. The van der Waals surface area contributed by atoms with Crippen LogP contribution in [0.2, 0.25) is 0 Å². The number of aryl methyl sites for hydroxylation is 2. The van der Waals surface area contributed by atoms with Gasteiger partial charge in [0.2, 0.25) is 5.95 Å². The van der Waals surface area contributed by atoms with Gasteiger partial charge in [0.1, 0.15) is 17.1 Å². The third-order valence-electron chi connectivity index (χ3n) is 7.96. The molecule has 0 spiro atoms. The molecule has 10 nitrogen and oxygen atoms in total. The Bertz CT molecular complexity index is 1550. The molecule has 5 rings (SSSR count). The van der Waals surface area contributed by atoms with Crippen LogP contribution in [0.3, 0.4) is 0 Å². The molecule has 0 saturated carbocycles. The van der Waals surface area contributed by atoms with E-state index in [2.05, 4.69) is 79.8 Å². The zero-order chi connectivity index (χ0) is 29.8. The van der Waals surface area contributed by atoms with Crippen molar-refractivity contribution in [1.82, 2.24) is 24.8 Å². The van der Waals surface area contributed by atoms with E-state index >= 15 is 0 Å². The number of benzene rings is 2. The molecule has 11 heteroatoms. The molecular formula is C31H41N9OS. The number of anilines is 6. The van der Waals surface area contributed by atoms with Gasteiger partial charge < -0.3 is 29.5 Å². The van der Waals surface area contributed by atoms with E-state index in [-0.39, 0.29) is 0 Å². The van der Waals surface area contributed by atoms with Gasteiger partial charge in [0, 0.05) is 68.3 Å². The molecule has 2 N–H and O–H groups in total. The Morgan fingerprint density at radius 3 is 2.48 bits per heavy atom. The second-order valence-corrected chi connectivity index (χ2v) is 11.5. The topological polar surface area (TPSA) is 94.6 Å². The Hall–Kier alpha value is -3.83. The first-order valence-corrected chi connectivity index (χ1v) is 15.6. The number of fused-ring (bicyclic) bond motifs is 1. The molecular weight excluding hydrogens is 546 g/mol. The van der Waals surface area contributed by atoms with Gasteiger partial charge in [-0.1, -0.05) is 25.8 Å². The highest BCUT2D eigenvalue weighted by molar-refractivity contribution is 7.99. The minimum absolute atomic E-state index is 0.497. The summed E-state index contributed by atoms with van der Waals surface area (Å²) in [6.07, 6.45) is 10.2. The summed E-state index contributed by atoms with van der Waals surface area (Å²) >= 11 is 1.61. The monoisotopic (exact) mass is 587 g/mol. The molecule has 2 aromatic heterocycles. The number of hydrogen-bond acceptors (Lipinski definition) is 11. The van der Waals surface area contributed by atoms with E-state index < -0.39 is 0 Å². The maximum absolute atomic E-state index is 5.87. The number of hydrogen-bond donors (Lipinski definition) is 2. The summed E-state index contributed by atoms with van der Waals surface area (Å²) in [6.45, 7) is 6.35. The van der Waals surface area contributed by atoms with Crippen LogP contribution in [-0.4, -0.2) is 78.5 Å². The largest absolute Gasteiger partial charge is 0.494 e. The molecule has 2 aromatic carbocycles. The first-order valence-electron chi connectivity index (χ1n) is 14.4. The third kappa shape index (κ3) is 6.03. The number of nitrogens with zero attached hydrogens (tertiary/aromatic N) is 7. The van der Waals surface area contributed by atoms with Crippen LogP contribution < -0.4 is 24.6 Å². The molecule has 1 aliphatic rings. The summed E-state index contributed by atoms with van der Waals surface area (Å²) in [5.41, 5.74) is 7.88. The normalized spacial score (nSPS) is 15.0. The van der Waals surface area contributed by atoms with E-state index in [0.717, 1.165) is 77.6 Å². The van der Waals surface area contributed by atoms with Gasteiger partial charge in [-0.3, -0.25) is 9.97 Å². The first-order chi connectivity index (χ1) is 20.4. The second kappa shape index (κ2) is 13.0. The molecule has 0 bridgehead atoms. The number of rotatable bonds is 11.